The van der Waals surface area contributed by atoms with Crippen molar-refractivity contribution in [3.05, 3.63) is 46.4 Å². The van der Waals surface area contributed by atoms with Crippen molar-refractivity contribution in [2.75, 3.05) is 13.1 Å². The summed E-state index contributed by atoms with van der Waals surface area (Å²) in [5.74, 6) is 0.749. The van der Waals surface area contributed by atoms with Gasteiger partial charge in [0, 0.05) is 57.3 Å². The molecule has 0 spiro atoms. The first-order valence-electron chi connectivity index (χ1n) is 11.2. The average molecular weight is 439 g/mol. The second-order valence-electron chi connectivity index (χ2n) is 8.85. The number of likely N-dealkylation sites (tertiary alicyclic amines) is 1. The molecule has 9 heteroatoms. The number of rotatable bonds is 7. The van der Waals surface area contributed by atoms with Gasteiger partial charge < -0.3 is 14.5 Å². The average Bonchev–Trinajstić information content (AvgIpc) is 3.41. The van der Waals surface area contributed by atoms with E-state index in [9.17, 15) is 14.4 Å². The Morgan fingerprint density at radius 1 is 1.25 bits per heavy atom. The number of carbonyl (C=O) groups excluding carboxylic acids is 2. The molecule has 0 aromatic carbocycles. The molecule has 1 N–H and O–H groups in total. The molecule has 1 aliphatic heterocycles. The molecule has 1 amide bonds. The van der Waals surface area contributed by atoms with Gasteiger partial charge in [-0.2, -0.15) is 5.10 Å². The lowest BCUT2D eigenvalue weighted by Crippen LogP contribution is -2.40. The summed E-state index contributed by atoms with van der Waals surface area (Å²) in [7, 11) is 1.85. The van der Waals surface area contributed by atoms with E-state index >= 15 is 0 Å². The van der Waals surface area contributed by atoms with Crippen LogP contribution in [0.4, 0.5) is 0 Å². The smallest absolute Gasteiger partial charge is 0.260 e. The van der Waals surface area contributed by atoms with Crippen LogP contribution in [-0.2, 0) is 18.3 Å². The van der Waals surface area contributed by atoms with Gasteiger partial charge >= 0.3 is 0 Å². The van der Waals surface area contributed by atoms with E-state index in [1.54, 1.807) is 16.9 Å². The van der Waals surface area contributed by atoms with Gasteiger partial charge in [-0.25, -0.2) is 4.98 Å². The molecule has 1 aliphatic rings. The molecule has 3 aromatic rings. The number of Topliss-reactive ketones (excluding diaryl/α,β-unsaturated/α-hetero) is 1. The summed E-state index contributed by atoms with van der Waals surface area (Å²) in [6.45, 7) is 5.24. The van der Waals surface area contributed by atoms with Crippen molar-refractivity contribution in [2.45, 2.75) is 52.0 Å². The van der Waals surface area contributed by atoms with Crippen molar-refractivity contribution < 1.29 is 9.59 Å². The summed E-state index contributed by atoms with van der Waals surface area (Å²) in [6, 6.07) is 1.97. The summed E-state index contributed by atoms with van der Waals surface area (Å²) in [4.78, 5) is 46.7. The summed E-state index contributed by atoms with van der Waals surface area (Å²) in [5.41, 5.74) is 1.16. The predicted octanol–water partition coefficient (Wildman–Crippen LogP) is 2.48. The SMILES string of the molecule is CC(C)n1cc(C(=O)C2CCN(C(=O)CCCc3nc4c(ccn4C)c(=O)[nH]3)CC2)cn1. The zero-order valence-electron chi connectivity index (χ0n) is 18.9. The number of hydrogen-bond donors (Lipinski definition) is 1. The van der Waals surface area contributed by atoms with Crippen LogP contribution in [0.15, 0.2) is 29.5 Å². The molecular formula is C23H30N6O3. The molecule has 0 bridgehead atoms. The Labute approximate surface area is 186 Å². The fourth-order valence-electron chi connectivity index (χ4n) is 4.25. The number of hydrogen-bond acceptors (Lipinski definition) is 5. The van der Waals surface area contributed by atoms with Crippen molar-refractivity contribution in [1.82, 2.24) is 29.2 Å². The van der Waals surface area contributed by atoms with E-state index in [0.717, 1.165) is 0 Å². The molecule has 0 saturated carbocycles. The highest BCUT2D eigenvalue weighted by molar-refractivity contribution is 5.97. The van der Waals surface area contributed by atoms with Gasteiger partial charge in [0.2, 0.25) is 5.91 Å². The Morgan fingerprint density at radius 2 is 2.00 bits per heavy atom. The molecule has 4 rings (SSSR count). The van der Waals surface area contributed by atoms with Gasteiger partial charge in [-0.1, -0.05) is 0 Å². The van der Waals surface area contributed by atoms with Crippen LogP contribution in [0.3, 0.4) is 0 Å². The van der Waals surface area contributed by atoms with Gasteiger partial charge in [-0.3, -0.25) is 19.1 Å². The number of carbonyl (C=O) groups is 2. The number of aromatic amines is 1. The molecule has 0 atom stereocenters. The normalized spacial score (nSPS) is 15.1. The maximum absolute atomic E-state index is 12.8. The minimum absolute atomic E-state index is 0.0600. The van der Waals surface area contributed by atoms with Gasteiger partial charge in [0.05, 0.1) is 17.1 Å². The maximum Gasteiger partial charge on any atom is 0.260 e. The Kier molecular flexibility index (Phi) is 6.25. The standard InChI is InChI=1S/C23H30N6O3/c1-15(2)29-14-17(13-24-29)21(31)16-7-11-28(12-8-16)20(30)6-4-5-19-25-22-18(23(32)26-19)9-10-27(22)3/h9-10,13-16H,4-8,11-12H2,1-3H3,(H,25,26,32). The maximum atomic E-state index is 12.8. The second-order valence-corrected chi connectivity index (χ2v) is 8.85. The van der Waals surface area contributed by atoms with Gasteiger partial charge in [0.25, 0.3) is 5.56 Å². The van der Waals surface area contributed by atoms with Gasteiger partial charge in [0.1, 0.15) is 11.5 Å². The van der Waals surface area contributed by atoms with E-state index in [2.05, 4.69) is 15.1 Å². The van der Waals surface area contributed by atoms with E-state index < -0.39 is 0 Å². The third kappa shape index (κ3) is 4.51. The van der Waals surface area contributed by atoms with Crippen LogP contribution < -0.4 is 5.56 Å². The van der Waals surface area contributed by atoms with Crippen LogP contribution in [0.5, 0.6) is 0 Å². The van der Waals surface area contributed by atoms with Crippen LogP contribution in [0, 0.1) is 5.92 Å². The molecule has 0 radical (unpaired) electrons. The van der Waals surface area contributed by atoms with E-state index in [1.165, 1.54) is 0 Å². The number of aryl methyl sites for hydroxylation is 2. The third-order valence-corrected chi connectivity index (χ3v) is 6.22. The topological polar surface area (TPSA) is 106 Å². The van der Waals surface area contributed by atoms with Crippen LogP contribution in [0.25, 0.3) is 11.0 Å². The molecule has 3 aromatic heterocycles. The van der Waals surface area contributed by atoms with E-state index in [4.69, 9.17) is 0 Å². The number of nitrogens with one attached hydrogen (secondary N) is 1. The van der Waals surface area contributed by atoms with E-state index in [1.807, 2.05) is 42.8 Å². The molecule has 4 heterocycles. The lowest BCUT2D eigenvalue weighted by molar-refractivity contribution is -0.132. The van der Waals surface area contributed by atoms with Crippen LogP contribution in [0.1, 0.15) is 61.8 Å². The Balaban J connectivity index is 1.26. The molecule has 170 valence electrons. The molecular weight excluding hydrogens is 408 g/mol. The summed E-state index contributed by atoms with van der Waals surface area (Å²) in [5, 5.41) is 4.83. The van der Waals surface area contributed by atoms with Crippen molar-refractivity contribution in [3.63, 3.8) is 0 Å². The van der Waals surface area contributed by atoms with Crippen molar-refractivity contribution >= 4 is 22.7 Å². The zero-order chi connectivity index (χ0) is 22.8. The third-order valence-electron chi connectivity index (χ3n) is 6.22. The first kappa shape index (κ1) is 22.0. The van der Waals surface area contributed by atoms with Gasteiger partial charge in [0.15, 0.2) is 5.78 Å². The Bertz CT molecular complexity index is 1180. The fourth-order valence-corrected chi connectivity index (χ4v) is 4.25. The lowest BCUT2D eigenvalue weighted by atomic mass is 9.90. The Morgan fingerprint density at radius 3 is 2.69 bits per heavy atom. The highest BCUT2D eigenvalue weighted by Crippen LogP contribution is 2.23. The number of ketones is 1. The first-order valence-corrected chi connectivity index (χ1v) is 11.2. The molecule has 9 nitrogen and oxygen atoms in total. The van der Waals surface area contributed by atoms with Gasteiger partial charge in [-0.05, 0) is 39.2 Å². The number of piperidine rings is 1. The molecule has 1 fully saturated rings. The van der Waals surface area contributed by atoms with Crippen molar-refractivity contribution in [2.24, 2.45) is 13.0 Å². The van der Waals surface area contributed by atoms with Crippen molar-refractivity contribution in [3.8, 4) is 0 Å². The molecule has 0 aliphatic carbocycles. The minimum atomic E-state index is -0.150. The van der Waals surface area contributed by atoms with Crippen LogP contribution in [0.2, 0.25) is 0 Å². The molecule has 1 saturated heterocycles. The fraction of sp³-hybridized carbons (Fsp3) is 0.522. The highest BCUT2D eigenvalue weighted by atomic mass is 16.2. The lowest BCUT2D eigenvalue weighted by Gasteiger charge is -2.31. The van der Waals surface area contributed by atoms with Gasteiger partial charge in [-0.15, -0.1) is 0 Å². The molecule has 32 heavy (non-hydrogen) atoms. The summed E-state index contributed by atoms with van der Waals surface area (Å²) >= 11 is 0. The van der Waals surface area contributed by atoms with E-state index in [-0.39, 0.29) is 29.2 Å². The monoisotopic (exact) mass is 438 g/mol. The number of H-pyrrole nitrogens is 1. The van der Waals surface area contributed by atoms with Crippen LogP contribution >= 0.6 is 0 Å². The predicted molar refractivity (Wildman–Crippen MR) is 121 cm³/mol. The quantitative estimate of drug-likeness (QED) is 0.571. The minimum Gasteiger partial charge on any atom is -0.343 e. The molecule has 0 unspecified atom stereocenters. The zero-order valence-corrected chi connectivity index (χ0v) is 18.9. The number of fused-ring (bicyclic) bond motifs is 1. The second kappa shape index (κ2) is 9.10. The summed E-state index contributed by atoms with van der Waals surface area (Å²) < 4.78 is 3.61. The summed E-state index contributed by atoms with van der Waals surface area (Å²) in [6.07, 6.45) is 8.18. The highest BCUT2D eigenvalue weighted by Gasteiger charge is 2.28. The van der Waals surface area contributed by atoms with Crippen molar-refractivity contribution in [1.29, 1.82) is 0 Å². The van der Waals surface area contributed by atoms with Crippen LogP contribution in [-0.4, -0.2) is 54.0 Å². The Hall–Kier alpha value is -3.23. The van der Waals surface area contributed by atoms with E-state index in [0.29, 0.717) is 67.6 Å². The number of nitrogens with zero attached hydrogens (tertiary/aromatic N) is 5. The first-order chi connectivity index (χ1) is 15.3. The number of aromatic nitrogens is 5. The largest absolute Gasteiger partial charge is 0.343 e. The number of amides is 1.